The highest BCUT2D eigenvalue weighted by molar-refractivity contribution is 14.1. The summed E-state index contributed by atoms with van der Waals surface area (Å²) >= 11 is 2.13. The van der Waals surface area contributed by atoms with E-state index in [1.165, 1.54) is 0 Å². The van der Waals surface area contributed by atoms with Crippen LogP contribution in [0.4, 0.5) is 5.82 Å². The summed E-state index contributed by atoms with van der Waals surface area (Å²) in [7, 11) is 1.75. The Morgan fingerprint density at radius 2 is 2.42 bits per heavy atom. The van der Waals surface area contributed by atoms with E-state index >= 15 is 0 Å². The highest BCUT2D eigenvalue weighted by Crippen LogP contribution is 2.13. The molecule has 4 N–H and O–H groups in total. The van der Waals surface area contributed by atoms with Crippen LogP contribution in [0.15, 0.2) is 12.3 Å². The van der Waals surface area contributed by atoms with Crippen molar-refractivity contribution in [2.45, 2.75) is 0 Å². The molecule has 0 saturated heterocycles. The van der Waals surface area contributed by atoms with E-state index < -0.39 is 0 Å². The highest BCUT2D eigenvalue weighted by atomic mass is 127. The van der Waals surface area contributed by atoms with Crippen molar-refractivity contribution < 1.29 is 0 Å². The quantitative estimate of drug-likeness (QED) is 0.429. The largest absolute Gasteiger partial charge is 0.384 e. The van der Waals surface area contributed by atoms with Crippen LogP contribution in [0.1, 0.15) is 5.56 Å². The van der Waals surface area contributed by atoms with Gasteiger partial charge < -0.3 is 11.1 Å². The van der Waals surface area contributed by atoms with Crippen LogP contribution in [0.5, 0.6) is 0 Å². The number of nitrogens with zero attached hydrogens (tertiary/aromatic N) is 1. The van der Waals surface area contributed by atoms with Gasteiger partial charge in [0.15, 0.2) is 0 Å². The number of hydrogen-bond donors (Lipinski definition) is 3. The van der Waals surface area contributed by atoms with Crippen molar-refractivity contribution in [1.29, 1.82) is 5.41 Å². The molecule has 0 unspecified atom stereocenters. The standard InChI is InChI=1S/C7H9IN4/c1-11-7-5(6(9)10)2-4(8)3-12-7/h2-3H,1H3,(H3,9,10)(H,11,12). The number of anilines is 1. The number of halogens is 1. The lowest BCUT2D eigenvalue weighted by molar-refractivity contribution is 1.25. The van der Waals surface area contributed by atoms with Gasteiger partial charge in [0, 0.05) is 16.8 Å². The number of rotatable bonds is 2. The molecule has 0 bridgehead atoms. The molecule has 0 fully saturated rings. The average molecular weight is 276 g/mol. The maximum absolute atomic E-state index is 7.27. The van der Waals surface area contributed by atoms with Crippen LogP contribution in [0.3, 0.4) is 0 Å². The molecule has 64 valence electrons. The Bertz CT molecular complexity index is 310. The highest BCUT2D eigenvalue weighted by Gasteiger charge is 2.04. The van der Waals surface area contributed by atoms with Crippen LogP contribution in [0.2, 0.25) is 0 Å². The zero-order valence-electron chi connectivity index (χ0n) is 6.56. The zero-order valence-corrected chi connectivity index (χ0v) is 8.71. The lowest BCUT2D eigenvalue weighted by Gasteiger charge is -2.05. The second kappa shape index (κ2) is 3.70. The van der Waals surface area contributed by atoms with Crippen molar-refractivity contribution in [3.05, 3.63) is 21.4 Å². The lowest BCUT2D eigenvalue weighted by atomic mass is 10.2. The monoisotopic (exact) mass is 276 g/mol. The number of nitrogen functional groups attached to an aromatic ring is 1. The van der Waals surface area contributed by atoms with Gasteiger partial charge in [-0.25, -0.2) is 4.98 Å². The first-order valence-electron chi connectivity index (χ1n) is 3.33. The van der Waals surface area contributed by atoms with Crippen molar-refractivity contribution in [2.75, 3.05) is 12.4 Å². The molecule has 4 nitrogen and oxygen atoms in total. The molecule has 1 aromatic heterocycles. The Balaban J connectivity index is 3.21. The number of amidine groups is 1. The molecule has 0 spiro atoms. The first kappa shape index (κ1) is 9.24. The van der Waals surface area contributed by atoms with Crippen molar-refractivity contribution in [1.82, 2.24) is 4.98 Å². The Labute approximate surface area is 84.2 Å². The Hall–Kier alpha value is -0.850. The topological polar surface area (TPSA) is 74.8 Å². The Kier molecular flexibility index (Phi) is 2.85. The van der Waals surface area contributed by atoms with Crippen LogP contribution < -0.4 is 11.1 Å². The van der Waals surface area contributed by atoms with Gasteiger partial charge >= 0.3 is 0 Å². The van der Waals surface area contributed by atoms with Gasteiger partial charge in [-0.1, -0.05) is 0 Å². The van der Waals surface area contributed by atoms with E-state index in [0.717, 1.165) is 3.57 Å². The van der Waals surface area contributed by atoms with Crippen molar-refractivity contribution >= 4 is 34.2 Å². The van der Waals surface area contributed by atoms with Gasteiger partial charge in [-0.2, -0.15) is 0 Å². The molecule has 0 atom stereocenters. The van der Waals surface area contributed by atoms with Crippen molar-refractivity contribution in [3.63, 3.8) is 0 Å². The second-order valence-corrected chi connectivity index (χ2v) is 3.46. The molecule has 1 rings (SSSR count). The predicted octanol–water partition coefficient (Wildman–Crippen LogP) is 1.01. The molecule has 1 heterocycles. The average Bonchev–Trinajstić information content (AvgIpc) is 2.04. The van der Waals surface area contributed by atoms with E-state index in [1.54, 1.807) is 13.2 Å². The molecular weight excluding hydrogens is 267 g/mol. The van der Waals surface area contributed by atoms with Gasteiger partial charge in [-0.05, 0) is 28.7 Å². The van der Waals surface area contributed by atoms with E-state index in [2.05, 4.69) is 32.9 Å². The number of pyridine rings is 1. The van der Waals surface area contributed by atoms with E-state index in [4.69, 9.17) is 11.1 Å². The maximum atomic E-state index is 7.27. The van der Waals surface area contributed by atoms with E-state index in [9.17, 15) is 0 Å². The number of nitrogens with one attached hydrogen (secondary N) is 2. The minimum absolute atomic E-state index is 0.0327. The van der Waals surface area contributed by atoms with E-state index in [0.29, 0.717) is 11.4 Å². The van der Waals surface area contributed by atoms with Crippen molar-refractivity contribution in [2.24, 2.45) is 5.73 Å². The maximum Gasteiger partial charge on any atom is 0.136 e. The Morgan fingerprint density at radius 1 is 1.75 bits per heavy atom. The van der Waals surface area contributed by atoms with Crippen LogP contribution >= 0.6 is 22.6 Å². The molecule has 0 aliphatic carbocycles. The molecule has 1 aromatic rings. The third kappa shape index (κ3) is 1.84. The van der Waals surface area contributed by atoms with Crippen LogP contribution in [0, 0.1) is 8.98 Å². The summed E-state index contributed by atoms with van der Waals surface area (Å²) in [6.07, 6.45) is 1.72. The Morgan fingerprint density at radius 3 is 2.92 bits per heavy atom. The fraction of sp³-hybridized carbons (Fsp3) is 0.143. The summed E-state index contributed by atoms with van der Waals surface area (Å²) < 4.78 is 0.969. The summed E-state index contributed by atoms with van der Waals surface area (Å²) in [6, 6.07) is 1.82. The fourth-order valence-corrected chi connectivity index (χ4v) is 1.29. The van der Waals surface area contributed by atoms with Crippen molar-refractivity contribution in [3.8, 4) is 0 Å². The molecule has 0 saturated carbocycles. The summed E-state index contributed by atoms with van der Waals surface area (Å²) in [6.45, 7) is 0. The van der Waals surface area contributed by atoms with Gasteiger partial charge in [-0.3, -0.25) is 5.41 Å². The van der Waals surface area contributed by atoms with Crippen LogP contribution in [0.25, 0.3) is 0 Å². The predicted molar refractivity (Wildman–Crippen MR) is 57.5 cm³/mol. The van der Waals surface area contributed by atoms with E-state index in [-0.39, 0.29) is 5.84 Å². The van der Waals surface area contributed by atoms with Crippen LogP contribution in [-0.4, -0.2) is 17.9 Å². The second-order valence-electron chi connectivity index (χ2n) is 2.21. The zero-order chi connectivity index (χ0) is 9.14. The molecule has 5 heteroatoms. The van der Waals surface area contributed by atoms with Gasteiger partial charge in [0.05, 0.1) is 5.56 Å². The molecular formula is C7H9IN4. The van der Waals surface area contributed by atoms with Gasteiger partial charge in [0.25, 0.3) is 0 Å². The smallest absolute Gasteiger partial charge is 0.136 e. The van der Waals surface area contributed by atoms with E-state index in [1.807, 2.05) is 6.07 Å². The molecule has 0 radical (unpaired) electrons. The third-order valence-corrected chi connectivity index (χ3v) is 1.97. The SMILES string of the molecule is CNc1ncc(I)cc1C(=N)N. The summed E-state index contributed by atoms with van der Waals surface area (Å²) in [5.74, 6) is 0.674. The third-order valence-electron chi connectivity index (χ3n) is 1.38. The summed E-state index contributed by atoms with van der Waals surface area (Å²) in [5.41, 5.74) is 6.00. The first-order chi connectivity index (χ1) is 5.65. The number of hydrogen-bond acceptors (Lipinski definition) is 3. The van der Waals surface area contributed by atoms with Crippen LogP contribution in [-0.2, 0) is 0 Å². The molecule has 12 heavy (non-hydrogen) atoms. The van der Waals surface area contributed by atoms with Gasteiger partial charge in [0.1, 0.15) is 11.7 Å². The number of nitrogens with two attached hydrogens (primary N) is 1. The minimum Gasteiger partial charge on any atom is -0.384 e. The fourth-order valence-electron chi connectivity index (χ4n) is 0.844. The summed E-state index contributed by atoms with van der Waals surface area (Å²) in [5, 5.41) is 10.1. The molecule has 0 aliphatic rings. The normalized spacial score (nSPS) is 9.50. The van der Waals surface area contributed by atoms with Gasteiger partial charge in [-0.15, -0.1) is 0 Å². The lowest BCUT2D eigenvalue weighted by Crippen LogP contribution is -2.14. The molecule has 0 amide bonds. The number of aromatic nitrogens is 1. The van der Waals surface area contributed by atoms with Gasteiger partial charge in [0.2, 0.25) is 0 Å². The minimum atomic E-state index is 0.0327. The molecule has 0 aromatic carbocycles. The summed E-state index contributed by atoms with van der Waals surface area (Å²) in [4.78, 5) is 4.08. The first-order valence-corrected chi connectivity index (χ1v) is 4.40. The molecule has 0 aliphatic heterocycles.